The van der Waals surface area contributed by atoms with Crippen molar-refractivity contribution < 1.29 is 8.78 Å². The Morgan fingerprint density at radius 2 is 1.95 bits per heavy atom. The van der Waals surface area contributed by atoms with Gasteiger partial charge in [-0.1, -0.05) is 24.3 Å². The van der Waals surface area contributed by atoms with E-state index in [0.717, 1.165) is 31.7 Å². The van der Waals surface area contributed by atoms with E-state index in [1.165, 1.54) is 12.1 Å². The molecule has 2 N–H and O–H groups in total. The fraction of sp³-hybridized carbons (Fsp3) is 0.571. The molecule has 0 saturated carbocycles. The number of hydrogen-bond acceptors (Lipinski definition) is 3. The van der Waals surface area contributed by atoms with E-state index in [0.29, 0.717) is 12.6 Å². The number of nitrogens with zero attached hydrogens (tertiary/aromatic N) is 2. The van der Waals surface area contributed by atoms with Gasteiger partial charge in [0.25, 0.3) is 6.43 Å². The molecule has 0 bridgehead atoms. The molecule has 0 aromatic heterocycles. The maximum atomic E-state index is 12.5. The highest BCUT2D eigenvalue weighted by Crippen LogP contribution is 2.20. The van der Waals surface area contributed by atoms with E-state index in [1.54, 1.807) is 12.1 Å². The molecule has 0 amide bonds. The summed E-state index contributed by atoms with van der Waals surface area (Å²) >= 11 is 0. The van der Waals surface area contributed by atoms with E-state index in [-0.39, 0.29) is 5.56 Å². The minimum absolute atomic E-state index is 0.0810. The van der Waals surface area contributed by atoms with Crippen molar-refractivity contribution >= 4 is 0 Å². The van der Waals surface area contributed by atoms with E-state index < -0.39 is 6.43 Å². The number of benzene rings is 1. The number of likely N-dealkylation sites (N-methyl/N-ethyl adjacent to an activating group) is 1. The maximum Gasteiger partial charge on any atom is 0.263 e. The zero-order valence-electron chi connectivity index (χ0n) is 11.2. The molecule has 0 spiro atoms. The topological polar surface area (TPSA) is 32.5 Å². The standard InChI is InChI=1S/C14H21F2N3/c1-18-6-7-19(13(8-17)10-18)9-11-2-4-12(5-3-11)14(15)16/h2-5,13-14H,6-10,17H2,1H3. The summed E-state index contributed by atoms with van der Waals surface area (Å²) in [6.45, 7) is 4.35. The van der Waals surface area contributed by atoms with Crippen LogP contribution in [0.3, 0.4) is 0 Å². The van der Waals surface area contributed by atoms with Crippen LogP contribution in [-0.4, -0.2) is 49.1 Å². The van der Waals surface area contributed by atoms with Gasteiger partial charge in [0.2, 0.25) is 0 Å². The zero-order valence-corrected chi connectivity index (χ0v) is 11.2. The van der Waals surface area contributed by atoms with Crippen molar-refractivity contribution in [1.82, 2.24) is 9.80 Å². The Labute approximate surface area is 113 Å². The van der Waals surface area contributed by atoms with Gasteiger partial charge >= 0.3 is 0 Å². The van der Waals surface area contributed by atoms with E-state index in [1.807, 2.05) is 0 Å². The van der Waals surface area contributed by atoms with Gasteiger partial charge in [-0.3, -0.25) is 4.90 Å². The van der Waals surface area contributed by atoms with Gasteiger partial charge in [0, 0.05) is 44.3 Å². The van der Waals surface area contributed by atoms with E-state index >= 15 is 0 Å². The van der Waals surface area contributed by atoms with Crippen LogP contribution in [0.2, 0.25) is 0 Å². The van der Waals surface area contributed by atoms with Gasteiger partial charge in [0.05, 0.1) is 0 Å². The molecule has 0 radical (unpaired) electrons. The number of hydrogen-bond donors (Lipinski definition) is 1. The summed E-state index contributed by atoms with van der Waals surface area (Å²) in [5.74, 6) is 0. The molecule has 1 aliphatic heterocycles. The molecule has 1 aromatic rings. The lowest BCUT2D eigenvalue weighted by atomic mass is 10.1. The molecule has 1 aromatic carbocycles. The van der Waals surface area contributed by atoms with Gasteiger partial charge in [-0.25, -0.2) is 8.78 Å². The highest BCUT2D eigenvalue weighted by Gasteiger charge is 2.23. The van der Waals surface area contributed by atoms with Crippen molar-refractivity contribution in [3.8, 4) is 0 Å². The van der Waals surface area contributed by atoms with Crippen molar-refractivity contribution in [1.29, 1.82) is 0 Å². The molecule has 0 aliphatic carbocycles. The maximum absolute atomic E-state index is 12.5. The van der Waals surface area contributed by atoms with Gasteiger partial charge in [-0.2, -0.15) is 0 Å². The first kappa shape index (κ1) is 14.4. The lowest BCUT2D eigenvalue weighted by Crippen LogP contribution is -2.54. The first-order chi connectivity index (χ1) is 9.10. The Bertz CT molecular complexity index is 394. The Hall–Kier alpha value is -1.04. The van der Waals surface area contributed by atoms with Crippen LogP contribution in [-0.2, 0) is 6.54 Å². The number of rotatable bonds is 4. The molecule has 1 atom stereocenters. The molecule has 19 heavy (non-hydrogen) atoms. The third-order valence-electron chi connectivity index (χ3n) is 3.70. The van der Waals surface area contributed by atoms with Gasteiger partial charge < -0.3 is 10.6 Å². The average Bonchev–Trinajstić information content (AvgIpc) is 2.41. The minimum atomic E-state index is -2.39. The van der Waals surface area contributed by atoms with Crippen LogP contribution in [0.1, 0.15) is 17.6 Å². The van der Waals surface area contributed by atoms with Crippen molar-refractivity contribution in [2.75, 3.05) is 33.2 Å². The van der Waals surface area contributed by atoms with Gasteiger partial charge in [-0.15, -0.1) is 0 Å². The first-order valence-corrected chi connectivity index (χ1v) is 6.60. The normalized spacial score (nSPS) is 22.1. The lowest BCUT2D eigenvalue weighted by Gasteiger charge is -2.39. The van der Waals surface area contributed by atoms with Crippen LogP contribution in [0.4, 0.5) is 8.78 Å². The van der Waals surface area contributed by atoms with E-state index in [9.17, 15) is 8.78 Å². The molecular weight excluding hydrogens is 248 g/mol. The third-order valence-corrected chi connectivity index (χ3v) is 3.70. The Morgan fingerprint density at radius 1 is 1.26 bits per heavy atom. The predicted molar refractivity (Wildman–Crippen MR) is 72.1 cm³/mol. The summed E-state index contributed by atoms with van der Waals surface area (Å²) in [6, 6.07) is 6.93. The van der Waals surface area contributed by atoms with Crippen LogP contribution in [0.25, 0.3) is 0 Å². The highest BCUT2D eigenvalue weighted by atomic mass is 19.3. The fourth-order valence-electron chi connectivity index (χ4n) is 2.48. The quantitative estimate of drug-likeness (QED) is 0.903. The second kappa shape index (κ2) is 6.41. The van der Waals surface area contributed by atoms with Crippen LogP contribution >= 0.6 is 0 Å². The summed E-state index contributed by atoms with van der Waals surface area (Å²) in [6.07, 6.45) is -2.39. The predicted octanol–water partition coefficient (Wildman–Crippen LogP) is 1.70. The number of alkyl halides is 2. The third kappa shape index (κ3) is 3.72. The number of piperazine rings is 1. The Kier molecular flexibility index (Phi) is 4.85. The van der Waals surface area contributed by atoms with E-state index in [2.05, 4.69) is 16.8 Å². The second-order valence-corrected chi connectivity index (χ2v) is 5.16. The molecule has 1 unspecified atom stereocenters. The van der Waals surface area contributed by atoms with Gasteiger partial charge in [0.15, 0.2) is 0 Å². The van der Waals surface area contributed by atoms with Gasteiger partial charge in [0.1, 0.15) is 0 Å². The summed E-state index contributed by atoms with van der Waals surface area (Å²) in [5, 5.41) is 0. The largest absolute Gasteiger partial charge is 0.329 e. The molecule has 1 heterocycles. The molecule has 5 heteroatoms. The van der Waals surface area contributed by atoms with Crippen LogP contribution in [0.15, 0.2) is 24.3 Å². The number of nitrogens with two attached hydrogens (primary N) is 1. The molecule has 1 fully saturated rings. The van der Waals surface area contributed by atoms with Crippen LogP contribution in [0, 0.1) is 0 Å². The summed E-state index contributed by atoms with van der Waals surface area (Å²) in [7, 11) is 2.09. The zero-order chi connectivity index (χ0) is 13.8. The summed E-state index contributed by atoms with van der Waals surface area (Å²) < 4.78 is 25.0. The van der Waals surface area contributed by atoms with Crippen LogP contribution < -0.4 is 5.73 Å². The monoisotopic (exact) mass is 269 g/mol. The van der Waals surface area contributed by atoms with Crippen molar-refractivity contribution in [3.05, 3.63) is 35.4 Å². The first-order valence-electron chi connectivity index (χ1n) is 6.60. The molecule has 3 nitrogen and oxygen atoms in total. The molecule has 2 rings (SSSR count). The summed E-state index contributed by atoms with van der Waals surface area (Å²) in [4.78, 5) is 4.60. The Morgan fingerprint density at radius 3 is 2.53 bits per heavy atom. The fourth-order valence-corrected chi connectivity index (χ4v) is 2.48. The highest BCUT2D eigenvalue weighted by molar-refractivity contribution is 5.23. The second-order valence-electron chi connectivity index (χ2n) is 5.16. The molecule has 106 valence electrons. The van der Waals surface area contributed by atoms with E-state index in [4.69, 9.17) is 5.73 Å². The van der Waals surface area contributed by atoms with Crippen molar-refractivity contribution in [2.45, 2.75) is 19.0 Å². The lowest BCUT2D eigenvalue weighted by molar-refractivity contribution is 0.0880. The summed E-state index contributed by atoms with van der Waals surface area (Å²) in [5.41, 5.74) is 6.95. The minimum Gasteiger partial charge on any atom is -0.329 e. The van der Waals surface area contributed by atoms with Crippen molar-refractivity contribution in [2.24, 2.45) is 5.73 Å². The average molecular weight is 269 g/mol. The molecule has 1 aliphatic rings. The Balaban J connectivity index is 1.99. The van der Waals surface area contributed by atoms with Crippen molar-refractivity contribution in [3.63, 3.8) is 0 Å². The number of halogens is 2. The SMILES string of the molecule is CN1CCN(Cc2ccc(C(F)F)cc2)C(CN)C1. The van der Waals surface area contributed by atoms with Crippen LogP contribution in [0.5, 0.6) is 0 Å². The van der Waals surface area contributed by atoms with Gasteiger partial charge in [-0.05, 0) is 12.6 Å². The smallest absolute Gasteiger partial charge is 0.263 e. The molecular formula is C14H21F2N3. The molecule has 1 saturated heterocycles.